The fourth-order valence-electron chi connectivity index (χ4n) is 1.47. The smallest absolute Gasteiger partial charge is 0.295 e. The zero-order valence-corrected chi connectivity index (χ0v) is 11.2. The number of nitrogens with one attached hydrogen (secondary N) is 2. The van der Waals surface area contributed by atoms with Gasteiger partial charge in [0.05, 0.1) is 6.20 Å². The number of carbonyl (C=O) groups excluding carboxylic acids is 1. The molecule has 0 saturated carbocycles. The summed E-state index contributed by atoms with van der Waals surface area (Å²) in [6, 6.07) is 9.54. The van der Waals surface area contributed by atoms with E-state index in [1.54, 1.807) is 0 Å². The van der Waals surface area contributed by atoms with E-state index >= 15 is 0 Å². The van der Waals surface area contributed by atoms with E-state index < -0.39 is 0 Å². The summed E-state index contributed by atoms with van der Waals surface area (Å²) in [5, 5.41) is 5.80. The summed E-state index contributed by atoms with van der Waals surface area (Å²) in [6.45, 7) is 5.96. The number of benzene rings is 1. The van der Waals surface area contributed by atoms with E-state index in [0.29, 0.717) is 11.7 Å². The first kappa shape index (κ1) is 13.1. The second-order valence-corrected chi connectivity index (χ2v) is 5.22. The van der Waals surface area contributed by atoms with Gasteiger partial charge in [-0.2, -0.15) is 0 Å². The molecule has 0 aliphatic rings. The van der Waals surface area contributed by atoms with Crippen LogP contribution >= 0.6 is 0 Å². The van der Waals surface area contributed by atoms with Gasteiger partial charge in [-0.05, 0) is 32.9 Å². The summed E-state index contributed by atoms with van der Waals surface area (Å²) >= 11 is 0. The first-order valence-electron chi connectivity index (χ1n) is 6.04. The maximum Gasteiger partial charge on any atom is 0.295 e. The standard InChI is InChI=1S/C14H17N3O2/c1-14(2,3)17-13-15-9-11(19-13)12(18)16-10-7-5-4-6-8-10/h4-9H,1-3H3,(H,15,17)(H,16,18). The van der Waals surface area contributed by atoms with Crippen molar-refractivity contribution in [2.45, 2.75) is 26.3 Å². The fraction of sp³-hybridized carbons (Fsp3) is 0.286. The third-order valence-electron chi connectivity index (χ3n) is 2.24. The van der Waals surface area contributed by atoms with Crippen molar-refractivity contribution < 1.29 is 9.21 Å². The Labute approximate surface area is 112 Å². The molecule has 1 aromatic carbocycles. The molecule has 5 heteroatoms. The molecule has 0 radical (unpaired) electrons. The number of nitrogens with zero attached hydrogens (tertiary/aromatic N) is 1. The Balaban J connectivity index is 2.04. The lowest BCUT2D eigenvalue weighted by molar-refractivity contribution is 0.0997. The minimum Gasteiger partial charge on any atom is -0.418 e. The molecule has 0 saturated heterocycles. The molecule has 1 heterocycles. The molecule has 100 valence electrons. The van der Waals surface area contributed by atoms with Gasteiger partial charge in [-0.25, -0.2) is 4.98 Å². The number of oxazole rings is 1. The Morgan fingerprint density at radius 1 is 1.21 bits per heavy atom. The van der Waals surface area contributed by atoms with Gasteiger partial charge in [-0.15, -0.1) is 0 Å². The van der Waals surface area contributed by atoms with Crippen molar-refractivity contribution >= 4 is 17.6 Å². The van der Waals surface area contributed by atoms with Gasteiger partial charge in [0, 0.05) is 11.2 Å². The van der Waals surface area contributed by atoms with Crippen molar-refractivity contribution in [3.05, 3.63) is 42.3 Å². The molecule has 0 unspecified atom stereocenters. The van der Waals surface area contributed by atoms with Gasteiger partial charge < -0.3 is 15.1 Å². The zero-order chi connectivity index (χ0) is 13.9. The summed E-state index contributed by atoms with van der Waals surface area (Å²) in [7, 11) is 0. The lowest BCUT2D eigenvalue weighted by Gasteiger charge is -2.18. The molecule has 0 atom stereocenters. The minimum absolute atomic E-state index is 0.169. The van der Waals surface area contributed by atoms with E-state index in [0.717, 1.165) is 0 Å². The summed E-state index contributed by atoms with van der Waals surface area (Å²) in [4.78, 5) is 15.9. The summed E-state index contributed by atoms with van der Waals surface area (Å²) in [5.74, 6) is -0.142. The van der Waals surface area contributed by atoms with Crippen molar-refractivity contribution in [3.63, 3.8) is 0 Å². The maximum absolute atomic E-state index is 11.9. The fourth-order valence-corrected chi connectivity index (χ4v) is 1.47. The lowest BCUT2D eigenvalue weighted by Crippen LogP contribution is -2.26. The molecule has 0 aliphatic heterocycles. The summed E-state index contributed by atoms with van der Waals surface area (Å²) < 4.78 is 5.36. The van der Waals surface area contributed by atoms with Crippen LogP contribution in [0, 0.1) is 0 Å². The van der Waals surface area contributed by atoms with Gasteiger partial charge in [0.2, 0.25) is 5.76 Å². The highest BCUT2D eigenvalue weighted by molar-refractivity contribution is 6.02. The average molecular weight is 259 g/mol. The Bertz CT molecular complexity index is 556. The Kier molecular flexibility index (Phi) is 3.55. The first-order valence-corrected chi connectivity index (χ1v) is 6.04. The lowest BCUT2D eigenvalue weighted by atomic mass is 10.1. The number of aromatic nitrogens is 1. The predicted molar refractivity (Wildman–Crippen MR) is 74.3 cm³/mol. The van der Waals surface area contributed by atoms with E-state index in [4.69, 9.17) is 4.42 Å². The van der Waals surface area contributed by atoms with Crippen LogP contribution in [0.15, 0.2) is 40.9 Å². The molecule has 0 bridgehead atoms. The van der Waals surface area contributed by atoms with Crippen molar-refractivity contribution in [2.75, 3.05) is 10.6 Å². The molecule has 1 amide bonds. The van der Waals surface area contributed by atoms with Crippen LogP contribution in [0.25, 0.3) is 0 Å². The van der Waals surface area contributed by atoms with Crippen LogP contribution in [0.1, 0.15) is 31.3 Å². The number of rotatable bonds is 3. The second kappa shape index (κ2) is 5.14. The molecule has 0 aliphatic carbocycles. The number of hydrogen-bond donors (Lipinski definition) is 2. The van der Waals surface area contributed by atoms with Gasteiger partial charge in [-0.1, -0.05) is 18.2 Å². The van der Waals surface area contributed by atoms with Gasteiger partial charge in [-0.3, -0.25) is 4.79 Å². The summed E-state index contributed by atoms with van der Waals surface area (Å²) in [6.07, 6.45) is 1.41. The van der Waals surface area contributed by atoms with Crippen molar-refractivity contribution in [1.82, 2.24) is 4.98 Å². The molecular formula is C14H17N3O2. The van der Waals surface area contributed by atoms with Crippen LogP contribution in [0.3, 0.4) is 0 Å². The maximum atomic E-state index is 11.9. The third-order valence-corrected chi connectivity index (χ3v) is 2.24. The monoisotopic (exact) mass is 259 g/mol. The van der Waals surface area contributed by atoms with Crippen LogP contribution in [0.4, 0.5) is 11.7 Å². The molecular weight excluding hydrogens is 242 g/mol. The van der Waals surface area contributed by atoms with Crippen molar-refractivity contribution in [1.29, 1.82) is 0 Å². The average Bonchev–Trinajstić information content (AvgIpc) is 2.76. The zero-order valence-electron chi connectivity index (χ0n) is 11.2. The highest BCUT2D eigenvalue weighted by Crippen LogP contribution is 2.16. The van der Waals surface area contributed by atoms with E-state index in [-0.39, 0.29) is 17.2 Å². The molecule has 2 N–H and O–H groups in total. The molecule has 19 heavy (non-hydrogen) atoms. The van der Waals surface area contributed by atoms with E-state index in [2.05, 4.69) is 15.6 Å². The molecule has 0 spiro atoms. The van der Waals surface area contributed by atoms with E-state index in [9.17, 15) is 4.79 Å². The molecule has 2 rings (SSSR count). The minimum atomic E-state index is -0.319. The molecule has 0 fully saturated rings. The molecule has 5 nitrogen and oxygen atoms in total. The second-order valence-electron chi connectivity index (χ2n) is 5.22. The number of para-hydroxylation sites is 1. The molecule has 2 aromatic rings. The van der Waals surface area contributed by atoms with Crippen molar-refractivity contribution in [3.8, 4) is 0 Å². The van der Waals surface area contributed by atoms with Crippen LogP contribution in [0.2, 0.25) is 0 Å². The SMILES string of the molecule is CC(C)(C)Nc1ncc(C(=O)Nc2ccccc2)o1. The largest absolute Gasteiger partial charge is 0.418 e. The summed E-state index contributed by atoms with van der Waals surface area (Å²) in [5.41, 5.74) is 0.548. The van der Waals surface area contributed by atoms with Crippen LogP contribution < -0.4 is 10.6 Å². The Morgan fingerprint density at radius 3 is 2.53 bits per heavy atom. The van der Waals surface area contributed by atoms with E-state index in [1.807, 2.05) is 51.1 Å². The highest BCUT2D eigenvalue weighted by atomic mass is 16.4. The Morgan fingerprint density at radius 2 is 1.89 bits per heavy atom. The molecule has 1 aromatic heterocycles. The number of hydrogen-bond acceptors (Lipinski definition) is 4. The number of carbonyl (C=O) groups is 1. The quantitative estimate of drug-likeness (QED) is 0.888. The first-order chi connectivity index (χ1) is 8.94. The van der Waals surface area contributed by atoms with Gasteiger partial charge in [0.25, 0.3) is 11.9 Å². The predicted octanol–water partition coefficient (Wildman–Crippen LogP) is 3.14. The van der Waals surface area contributed by atoms with Gasteiger partial charge in [0.15, 0.2) is 0 Å². The highest BCUT2D eigenvalue weighted by Gasteiger charge is 2.16. The van der Waals surface area contributed by atoms with Gasteiger partial charge >= 0.3 is 0 Å². The van der Waals surface area contributed by atoms with Crippen molar-refractivity contribution in [2.24, 2.45) is 0 Å². The van der Waals surface area contributed by atoms with Gasteiger partial charge in [0.1, 0.15) is 0 Å². The van der Waals surface area contributed by atoms with Crippen LogP contribution in [0.5, 0.6) is 0 Å². The van der Waals surface area contributed by atoms with Crippen LogP contribution in [-0.4, -0.2) is 16.4 Å². The normalized spacial score (nSPS) is 11.1. The van der Waals surface area contributed by atoms with Crippen LogP contribution in [-0.2, 0) is 0 Å². The number of amides is 1. The Hall–Kier alpha value is -2.30. The topological polar surface area (TPSA) is 67.2 Å². The number of anilines is 2. The third kappa shape index (κ3) is 3.84. The van der Waals surface area contributed by atoms with E-state index in [1.165, 1.54) is 6.20 Å².